The summed E-state index contributed by atoms with van der Waals surface area (Å²) in [6.45, 7) is 7.08. The molecule has 0 radical (unpaired) electrons. The Morgan fingerprint density at radius 2 is 2.18 bits per heavy atom. The summed E-state index contributed by atoms with van der Waals surface area (Å²) in [6, 6.07) is 4.56. The van der Waals surface area contributed by atoms with Gasteiger partial charge in [0.25, 0.3) is 0 Å². The fourth-order valence-corrected chi connectivity index (χ4v) is 3.56. The zero-order valence-electron chi connectivity index (χ0n) is 10.8. The van der Waals surface area contributed by atoms with Gasteiger partial charge in [-0.3, -0.25) is 0 Å². The van der Waals surface area contributed by atoms with E-state index < -0.39 is 0 Å². The predicted octanol–water partition coefficient (Wildman–Crippen LogP) is 4.45. The van der Waals surface area contributed by atoms with Crippen molar-refractivity contribution in [2.45, 2.75) is 40.0 Å². The van der Waals surface area contributed by atoms with Crippen LogP contribution < -0.4 is 0 Å². The highest BCUT2D eigenvalue weighted by Crippen LogP contribution is 2.37. The molecule has 0 spiro atoms. The molecule has 1 atom stereocenters. The number of fused-ring (bicyclic) bond motifs is 2. The van der Waals surface area contributed by atoms with E-state index in [-0.39, 0.29) is 0 Å². The molecule has 90 valence electrons. The van der Waals surface area contributed by atoms with Crippen molar-refractivity contribution in [1.29, 1.82) is 0 Å². The van der Waals surface area contributed by atoms with Crippen LogP contribution in [0.1, 0.15) is 38.4 Å². The van der Waals surface area contributed by atoms with Gasteiger partial charge < -0.3 is 0 Å². The van der Waals surface area contributed by atoms with Crippen LogP contribution in [-0.4, -0.2) is 4.98 Å². The fourth-order valence-electron chi connectivity index (χ4n) is 2.79. The van der Waals surface area contributed by atoms with Crippen molar-refractivity contribution in [3.8, 4) is 0 Å². The molecule has 2 heteroatoms. The molecule has 17 heavy (non-hydrogen) atoms. The van der Waals surface area contributed by atoms with Crippen molar-refractivity contribution >= 4 is 21.6 Å². The molecule has 0 saturated carbocycles. The third-order valence-electron chi connectivity index (χ3n) is 4.03. The Morgan fingerprint density at radius 1 is 1.35 bits per heavy atom. The van der Waals surface area contributed by atoms with E-state index in [2.05, 4.69) is 38.3 Å². The monoisotopic (exact) mass is 245 g/mol. The quantitative estimate of drug-likeness (QED) is 0.668. The van der Waals surface area contributed by atoms with Gasteiger partial charge in [0, 0.05) is 11.1 Å². The molecule has 0 aromatic carbocycles. The van der Waals surface area contributed by atoms with E-state index in [4.69, 9.17) is 4.98 Å². The first kappa shape index (κ1) is 11.2. The van der Waals surface area contributed by atoms with Gasteiger partial charge in [-0.25, -0.2) is 4.98 Å². The summed E-state index contributed by atoms with van der Waals surface area (Å²) in [5.41, 5.74) is 3.25. The van der Waals surface area contributed by atoms with Crippen LogP contribution in [-0.2, 0) is 12.8 Å². The van der Waals surface area contributed by atoms with E-state index in [1.54, 1.807) is 11.3 Å². The van der Waals surface area contributed by atoms with Gasteiger partial charge in [-0.15, -0.1) is 11.3 Å². The maximum Gasteiger partial charge on any atom is 0.123 e. The molecule has 1 nitrogen and oxygen atoms in total. The summed E-state index contributed by atoms with van der Waals surface area (Å²) in [7, 11) is 0. The van der Waals surface area contributed by atoms with E-state index in [1.165, 1.54) is 34.3 Å². The van der Waals surface area contributed by atoms with Crippen LogP contribution in [0, 0.1) is 11.3 Å². The molecule has 1 aliphatic rings. The maximum atomic E-state index is 4.81. The average molecular weight is 245 g/mol. The van der Waals surface area contributed by atoms with Crippen LogP contribution >= 0.6 is 11.3 Å². The second-order valence-electron chi connectivity index (χ2n) is 6.21. The molecule has 0 aliphatic heterocycles. The predicted molar refractivity (Wildman–Crippen MR) is 74.6 cm³/mol. The summed E-state index contributed by atoms with van der Waals surface area (Å²) >= 11 is 1.76. The van der Waals surface area contributed by atoms with E-state index in [1.807, 2.05) is 0 Å². The SMILES string of the molecule is CC(C)(C)[C@@H]1CCc2nc3sccc3cc2C1. The van der Waals surface area contributed by atoms with Crippen molar-refractivity contribution in [1.82, 2.24) is 4.98 Å². The number of aromatic nitrogens is 1. The van der Waals surface area contributed by atoms with Crippen LogP contribution in [0.3, 0.4) is 0 Å². The Hall–Kier alpha value is -0.890. The fraction of sp³-hybridized carbons (Fsp3) is 0.533. The van der Waals surface area contributed by atoms with Crippen LogP contribution in [0.2, 0.25) is 0 Å². The highest BCUT2D eigenvalue weighted by atomic mass is 32.1. The molecule has 0 amide bonds. The maximum absolute atomic E-state index is 4.81. The molecule has 2 aromatic rings. The minimum Gasteiger partial charge on any atom is -0.242 e. The van der Waals surface area contributed by atoms with Gasteiger partial charge in [0.1, 0.15) is 4.83 Å². The second kappa shape index (κ2) is 3.81. The Balaban J connectivity index is 2.01. The van der Waals surface area contributed by atoms with Gasteiger partial charge in [-0.05, 0) is 53.7 Å². The zero-order chi connectivity index (χ0) is 12.0. The largest absolute Gasteiger partial charge is 0.242 e. The third kappa shape index (κ3) is 1.99. The summed E-state index contributed by atoms with van der Waals surface area (Å²) in [4.78, 5) is 6.02. The second-order valence-corrected chi connectivity index (χ2v) is 7.11. The highest BCUT2D eigenvalue weighted by Gasteiger charge is 2.29. The van der Waals surface area contributed by atoms with Crippen LogP contribution in [0.4, 0.5) is 0 Å². The molecule has 0 unspecified atom stereocenters. The number of nitrogens with zero attached hydrogens (tertiary/aromatic N) is 1. The minimum atomic E-state index is 0.418. The Kier molecular flexibility index (Phi) is 2.51. The van der Waals surface area contributed by atoms with E-state index in [0.717, 1.165) is 12.3 Å². The number of rotatable bonds is 0. The molecule has 0 saturated heterocycles. The van der Waals surface area contributed by atoms with Crippen molar-refractivity contribution in [2.24, 2.45) is 11.3 Å². The lowest BCUT2D eigenvalue weighted by atomic mass is 9.71. The number of thiophene rings is 1. The molecule has 3 rings (SSSR count). The topological polar surface area (TPSA) is 12.9 Å². The Labute approximate surface area is 107 Å². The van der Waals surface area contributed by atoms with Crippen LogP contribution in [0.15, 0.2) is 17.5 Å². The molecule has 2 aromatic heterocycles. The first-order chi connectivity index (χ1) is 8.04. The lowest BCUT2D eigenvalue weighted by Crippen LogP contribution is -2.27. The number of aryl methyl sites for hydroxylation is 1. The number of hydrogen-bond donors (Lipinski definition) is 0. The number of hydrogen-bond acceptors (Lipinski definition) is 2. The van der Waals surface area contributed by atoms with E-state index in [9.17, 15) is 0 Å². The number of pyridine rings is 1. The Bertz CT molecular complexity index is 548. The van der Waals surface area contributed by atoms with E-state index in [0.29, 0.717) is 5.41 Å². The summed E-state index contributed by atoms with van der Waals surface area (Å²) in [6.07, 6.45) is 3.66. The van der Waals surface area contributed by atoms with Gasteiger partial charge in [-0.2, -0.15) is 0 Å². The van der Waals surface area contributed by atoms with Gasteiger partial charge >= 0.3 is 0 Å². The van der Waals surface area contributed by atoms with Gasteiger partial charge in [0.2, 0.25) is 0 Å². The Morgan fingerprint density at radius 3 is 2.94 bits per heavy atom. The van der Waals surface area contributed by atoms with Crippen molar-refractivity contribution < 1.29 is 0 Å². The lowest BCUT2D eigenvalue weighted by molar-refractivity contribution is 0.215. The molecular formula is C15H19NS. The van der Waals surface area contributed by atoms with Crippen molar-refractivity contribution in [2.75, 3.05) is 0 Å². The molecular weight excluding hydrogens is 226 g/mol. The summed E-state index contributed by atoms with van der Waals surface area (Å²) in [5, 5.41) is 3.47. The van der Waals surface area contributed by atoms with E-state index >= 15 is 0 Å². The summed E-state index contributed by atoms with van der Waals surface area (Å²) < 4.78 is 0. The smallest absolute Gasteiger partial charge is 0.123 e. The lowest BCUT2D eigenvalue weighted by Gasteiger charge is -2.34. The van der Waals surface area contributed by atoms with Gasteiger partial charge in [-0.1, -0.05) is 20.8 Å². The average Bonchev–Trinajstić information content (AvgIpc) is 2.70. The molecule has 1 aliphatic carbocycles. The molecule has 0 bridgehead atoms. The minimum absolute atomic E-state index is 0.418. The first-order valence-corrected chi connectivity index (χ1v) is 7.28. The molecule has 0 N–H and O–H groups in total. The van der Waals surface area contributed by atoms with Crippen molar-refractivity contribution in [3.63, 3.8) is 0 Å². The first-order valence-electron chi connectivity index (χ1n) is 6.40. The molecule has 2 heterocycles. The highest BCUT2D eigenvalue weighted by molar-refractivity contribution is 7.16. The standard InChI is InChI=1S/C15H19NS/c1-15(2,3)12-4-5-13-11(9-12)8-10-6-7-17-14(10)16-13/h6-8,12H,4-5,9H2,1-3H3/t12-/m1/s1. The normalized spacial score (nSPS) is 20.5. The van der Waals surface area contributed by atoms with Gasteiger partial charge in [0.05, 0.1) is 0 Å². The third-order valence-corrected chi connectivity index (χ3v) is 4.85. The van der Waals surface area contributed by atoms with Crippen LogP contribution in [0.5, 0.6) is 0 Å². The van der Waals surface area contributed by atoms with Gasteiger partial charge in [0.15, 0.2) is 0 Å². The zero-order valence-corrected chi connectivity index (χ0v) is 11.6. The molecule has 0 fully saturated rings. The summed E-state index contributed by atoms with van der Waals surface area (Å²) in [5.74, 6) is 0.799. The van der Waals surface area contributed by atoms with Crippen molar-refractivity contribution in [3.05, 3.63) is 28.8 Å². The van der Waals surface area contributed by atoms with Crippen LogP contribution in [0.25, 0.3) is 10.2 Å².